The molecule has 1 saturated carbocycles. The second-order valence-electron chi connectivity index (χ2n) is 6.41. The number of benzene rings is 1. The van der Waals surface area contributed by atoms with Crippen molar-refractivity contribution in [1.29, 1.82) is 0 Å². The third-order valence-corrected chi connectivity index (χ3v) is 4.64. The van der Waals surface area contributed by atoms with Crippen molar-refractivity contribution >= 4 is 0 Å². The van der Waals surface area contributed by atoms with Gasteiger partial charge in [-0.2, -0.15) is 0 Å². The molecule has 1 aromatic carbocycles. The van der Waals surface area contributed by atoms with Crippen LogP contribution in [0.4, 0.5) is 0 Å². The average Bonchev–Trinajstić information content (AvgIpc) is 2.36. The SMILES string of the molecule is Cc1cc(C)c(C(O)CCC2CCCCC2)c(C)c1. The van der Waals surface area contributed by atoms with E-state index in [4.69, 9.17) is 0 Å². The Balaban J connectivity index is 1.97. The second-order valence-corrected chi connectivity index (χ2v) is 6.41. The van der Waals surface area contributed by atoms with Crippen molar-refractivity contribution in [2.45, 2.75) is 71.8 Å². The quantitative estimate of drug-likeness (QED) is 0.807. The molecule has 0 aliphatic heterocycles. The molecule has 1 N–H and O–H groups in total. The van der Waals surface area contributed by atoms with Gasteiger partial charge in [0, 0.05) is 0 Å². The molecule has 0 bridgehead atoms. The van der Waals surface area contributed by atoms with E-state index in [1.165, 1.54) is 60.8 Å². The minimum absolute atomic E-state index is 0.275. The van der Waals surface area contributed by atoms with Crippen LogP contribution < -0.4 is 0 Å². The summed E-state index contributed by atoms with van der Waals surface area (Å²) in [7, 11) is 0. The zero-order chi connectivity index (χ0) is 13.8. The topological polar surface area (TPSA) is 20.2 Å². The molecule has 1 heteroatoms. The van der Waals surface area contributed by atoms with Crippen molar-refractivity contribution in [3.63, 3.8) is 0 Å². The maximum absolute atomic E-state index is 10.5. The van der Waals surface area contributed by atoms with E-state index in [1.807, 2.05) is 0 Å². The van der Waals surface area contributed by atoms with Gasteiger partial charge in [0.2, 0.25) is 0 Å². The molecule has 106 valence electrons. The highest BCUT2D eigenvalue weighted by Crippen LogP contribution is 2.32. The van der Waals surface area contributed by atoms with E-state index in [0.717, 1.165) is 12.3 Å². The third-order valence-electron chi connectivity index (χ3n) is 4.64. The minimum Gasteiger partial charge on any atom is -0.388 e. The molecule has 0 heterocycles. The van der Waals surface area contributed by atoms with Crippen molar-refractivity contribution in [1.82, 2.24) is 0 Å². The van der Waals surface area contributed by atoms with Gasteiger partial charge in [0.25, 0.3) is 0 Å². The van der Waals surface area contributed by atoms with Crippen molar-refractivity contribution in [2.75, 3.05) is 0 Å². The first-order valence-corrected chi connectivity index (χ1v) is 7.83. The lowest BCUT2D eigenvalue weighted by atomic mass is 9.84. The van der Waals surface area contributed by atoms with Crippen molar-refractivity contribution in [3.05, 3.63) is 34.4 Å². The average molecular weight is 260 g/mol. The van der Waals surface area contributed by atoms with Gasteiger partial charge >= 0.3 is 0 Å². The molecular formula is C18H28O. The number of aliphatic hydroxyl groups excluding tert-OH is 1. The highest BCUT2D eigenvalue weighted by atomic mass is 16.3. The number of hydrogen-bond acceptors (Lipinski definition) is 1. The third kappa shape index (κ3) is 3.82. The van der Waals surface area contributed by atoms with Crippen LogP contribution in [-0.2, 0) is 0 Å². The smallest absolute Gasteiger partial charge is 0.0795 e. The molecule has 1 atom stereocenters. The maximum atomic E-state index is 10.5. The van der Waals surface area contributed by atoms with Crippen LogP contribution in [0.1, 0.15) is 73.3 Å². The first-order valence-electron chi connectivity index (χ1n) is 7.83. The van der Waals surface area contributed by atoms with Crippen LogP contribution in [0.15, 0.2) is 12.1 Å². The molecule has 0 saturated heterocycles. The summed E-state index contributed by atoms with van der Waals surface area (Å²) in [6.07, 6.45) is 8.78. The van der Waals surface area contributed by atoms with Crippen molar-refractivity contribution < 1.29 is 5.11 Å². The summed E-state index contributed by atoms with van der Waals surface area (Å²) in [6, 6.07) is 4.37. The Morgan fingerprint density at radius 1 is 1.05 bits per heavy atom. The second kappa shape index (κ2) is 6.56. The van der Waals surface area contributed by atoms with Gasteiger partial charge in [0.05, 0.1) is 6.10 Å². The molecule has 1 aliphatic carbocycles. The van der Waals surface area contributed by atoms with Gasteiger partial charge in [0.1, 0.15) is 0 Å². The molecule has 1 aromatic rings. The fraction of sp³-hybridized carbons (Fsp3) is 0.667. The summed E-state index contributed by atoms with van der Waals surface area (Å²) in [5.74, 6) is 0.856. The Morgan fingerprint density at radius 3 is 2.21 bits per heavy atom. The van der Waals surface area contributed by atoms with Crippen LogP contribution in [-0.4, -0.2) is 5.11 Å². The predicted molar refractivity (Wildman–Crippen MR) is 81.4 cm³/mol. The van der Waals surface area contributed by atoms with Crippen LogP contribution in [0.3, 0.4) is 0 Å². The van der Waals surface area contributed by atoms with Crippen LogP contribution >= 0.6 is 0 Å². The Labute approximate surface area is 118 Å². The van der Waals surface area contributed by atoms with E-state index in [9.17, 15) is 5.11 Å². The van der Waals surface area contributed by atoms with E-state index in [1.54, 1.807) is 0 Å². The number of hydrogen-bond donors (Lipinski definition) is 1. The Morgan fingerprint density at radius 2 is 1.63 bits per heavy atom. The number of aryl methyl sites for hydroxylation is 3. The lowest BCUT2D eigenvalue weighted by molar-refractivity contribution is 0.150. The first-order chi connectivity index (χ1) is 9.08. The van der Waals surface area contributed by atoms with E-state index < -0.39 is 0 Å². The van der Waals surface area contributed by atoms with E-state index in [0.29, 0.717) is 0 Å². The maximum Gasteiger partial charge on any atom is 0.0795 e. The molecule has 2 rings (SSSR count). The minimum atomic E-state index is -0.275. The number of aliphatic hydroxyl groups is 1. The summed E-state index contributed by atoms with van der Waals surface area (Å²) >= 11 is 0. The molecule has 0 radical (unpaired) electrons. The molecular weight excluding hydrogens is 232 g/mol. The van der Waals surface area contributed by atoms with Gasteiger partial charge < -0.3 is 5.11 Å². The summed E-state index contributed by atoms with van der Waals surface area (Å²) in [5, 5.41) is 10.5. The summed E-state index contributed by atoms with van der Waals surface area (Å²) in [5.41, 5.74) is 4.95. The monoisotopic (exact) mass is 260 g/mol. The normalized spacial score (nSPS) is 18.5. The van der Waals surface area contributed by atoms with Crippen LogP contribution in [0.25, 0.3) is 0 Å². The van der Waals surface area contributed by atoms with E-state index >= 15 is 0 Å². The summed E-state index contributed by atoms with van der Waals surface area (Å²) in [4.78, 5) is 0. The van der Waals surface area contributed by atoms with Gasteiger partial charge in [-0.25, -0.2) is 0 Å². The van der Waals surface area contributed by atoms with Gasteiger partial charge in [0.15, 0.2) is 0 Å². The summed E-state index contributed by atoms with van der Waals surface area (Å²) in [6.45, 7) is 6.37. The molecule has 1 nitrogen and oxygen atoms in total. The van der Waals surface area contributed by atoms with Crippen molar-refractivity contribution in [2.24, 2.45) is 5.92 Å². The van der Waals surface area contributed by atoms with Gasteiger partial charge in [-0.15, -0.1) is 0 Å². The van der Waals surface area contributed by atoms with E-state index in [2.05, 4.69) is 32.9 Å². The van der Waals surface area contributed by atoms with Crippen LogP contribution in [0.5, 0.6) is 0 Å². The lowest BCUT2D eigenvalue weighted by Crippen LogP contribution is -2.10. The zero-order valence-electron chi connectivity index (χ0n) is 12.7. The fourth-order valence-electron chi connectivity index (χ4n) is 3.73. The molecule has 0 aromatic heterocycles. The predicted octanol–water partition coefficient (Wildman–Crippen LogP) is 5.01. The Hall–Kier alpha value is -0.820. The van der Waals surface area contributed by atoms with Crippen LogP contribution in [0.2, 0.25) is 0 Å². The molecule has 1 aliphatic rings. The Bertz CT molecular complexity index is 393. The fourth-order valence-corrected chi connectivity index (χ4v) is 3.73. The standard InChI is InChI=1S/C18H28O/c1-13-11-14(2)18(15(3)12-13)17(19)10-9-16-7-5-4-6-8-16/h11-12,16-17,19H,4-10H2,1-3H3. The molecule has 19 heavy (non-hydrogen) atoms. The first kappa shape index (κ1) is 14.6. The largest absolute Gasteiger partial charge is 0.388 e. The zero-order valence-corrected chi connectivity index (χ0v) is 12.7. The van der Waals surface area contributed by atoms with Crippen molar-refractivity contribution in [3.8, 4) is 0 Å². The highest BCUT2D eigenvalue weighted by molar-refractivity contribution is 5.38. The lowest BCUT2D eigenvalue weighted by Gasteiger charge is -2.24. The van der Waals surface area contributed by atoms with Crippen LogP contribution in [0, 0.1) is 26.7 Å². The molecule has 1 unspecified atom stereocenters. The van der Waals surface area contributed by atoms with Gasteiger partial charge in [-0.3, -0.25) is 0 Å². The summed E-state index contributed by atoms with van der Waals surface area (Å²) < 4.78 is 0. The van der Waals surface area contributed by atoms with Gasteiger partial charge in [-0.05, 0) is 56.2 Å². The highest BCUT2D eigenvalue weighted by Gasteiger charge is 2.18. The molecule has 1 fully saturated rings. The Kier molecular flexibility index (Phi) is 5.04. The molecule has 0 spiro atoms. The van der Waals surface area contributed by atoms with E-state index in [-0.39, 0.29) is 6.10 Å². The number of rotatable bonds is 4. The molecule has 0 amide bonds. The van der Waals surface area contributed by atoms with Gasteiger partial charge in [-0.1, -0.05) is 49.8 Å².